The van der Waals surface area contributed by atoms with Crippen LogP contribution in [-0.2, 0) is 16.0 Å². The Kier molecular flexibility index (Phi) is 4.49. The quantitative estimate of drug-likeness (QED) is 0.846. The van der Waals surface area contributed by atoms with E-state index in [1.807, 2.05) is 24.3 Å². The molecular weight excluding hydrogens is 258 g/mol. The van der Waals surface area contributed by atoms with Crippen molar-refractivity contribution in [1.29, 1.82) is 0 Å². The molecule has 0 heterocycles. The second-order valence-corrected chi connectivity index (χ2v) is 4.11. The number of amides is 1. The monoisotopic (exact) mass is 269 g/mol. The number of hydrogen-bond donors (Lipinski definition) is 1. The molecule has 0 aliphatic carbocycles. The van der Waals surface area contributed by atoms with E-state index in [1.54, 1.807) is 6.92 Å². The minimum absolute atomic E-state index is 0.151. The molecule has 0 fully saturated rings. The van der Waals surface area contributed by atoms with Crippen LogP contribution in [-0.4, -0.2) is 18.2 Å². The lowest BCUT2D eigenvalue weighted by Crippen LogP contribution is -2.34. The first-order valence-electron chi connectivity index (χ1n) is 4.61. The Hall–Kier alpha value is -1.16. The summed E-state index contributed by atoms with van der Waals surface area (Å²) >= 11 is 3.36. The Labute approximate surface area is 97.0 Å². The lowest BCUT2D eigenvalue weighted by molar-refractivity contribution is -0.123. The highest BCUT2D eigenvalue weighted by atomic mass is 79.9. The number of carbonyl (C=O) groups excluding carboxylic acids is 2. The Bertz CT molecular complexity index is 365. The third-order valence-electron chi connectivity index (χ3n) is 1.90. The number of aldehydes is 1. The molecule has 15 heavy (non-hydrogen) atoms. The van der Waals surface area contributed by atoms with Gasteiger partial charge in [0.25, 0.3) is 0 Å². The van der Waals surface area contributed by atoms with Crippen LogP contribution >= 0.6 is 15.9 Å². The summed E-state index contributed by atoms with van der Waals surface area (Å²) in [5.41, 5.74) is 0.910. The molecule has 1 N–H and O–H groups in total. The Morgan fingerprint density at radius 2 is 2.20 bits per heavy atom. The van der Waals surface area contributed by atoms with Crippen molar-refractivity contribution in [1.82, 2.24) is 5.32 Å². The fourth-order valence-corrected chi connectivity index (χ4v) is 1.58. The van der Waals surface area contributed by atoms with Gasteiger partial charge in [-0.2, -0.15) is 0 Å². The van der Waals surface area contributed by atoms with Gasteiger partial charge in [-0.1, -0.05) is 34.1 Å². The van der Waals surface area contributed by atoms with Crippen molar-refractivity contribution in [3.05, 3.63) is 34.3 Å². The molecule has 1 aromatic rings. The van der Waals surface area contributed by atoms with Gasteiger partial charge in [-0.3, -0.25) is 4.79 Å². The molecule has 0 bridgehead atoms. The molecule has 80 valence electrons. The third kappa shape index (κ3) is 3.83. The molecule has 4 heteroatoms. The summed E-state index contributed by atoms with van der Waals surface area (Å²) in [7, 11) is 0. The Morgan fingerprint density at radius 3 is 2.80 bits per heavy atom. The number of benzene rings is 1. The van der Waals surface area contributed by atoms with Crippen molar-refractivity contribution in [2.45, 2.75) is 19.4 Å². The first kappa shape index (κ1) is 11.9. The first-order chi connectivity index (χ1) is 7.13. The van der Waals surface area contributed by atoms with E-state index < -0.39 is 6.04 Å². The number of nitrogens with one attached hydrogen (secondary N) is 1. The van der Waals surface area contributed by atoms with E-state index in [2.05, 4.69) is 21.2 Å². The van der Waals surface area contributed by atoms with Crippen molar-refractivity contribution in [3.63, 3.8) is 0 Å². The van der Waals surface area contributed by atoms with Gasteiger partial charge in [-0.25, -0.2) is 0 Å². The second-order valence-electron chi connectivity index (χ2n) is 3.26. The van der Waals surface area contributed by atoms with Gasteiger partial charge in [0.1, 0.15) is 6.29 Å². The number of hydrogen-bond acceptors (Lipinski definition) is 2. The zero-order chi connectivity index (χ0) is 11.3. The normalized spacial score (nSPS) is 11.9. The fourth-order valence-electron chi connectivity index (χ4n) is 1.15. The maximum atomic E-state index is 11.4. The molecule has 0 spiro atoms. The Morgan fingerprint density at radius 1 is 1.53 bits per heavy atom. The molecule has 0 saturated carbocycles. The van der Waals surface area contributed by atoms with Gasteiger partial charge in [0.05, 0.1) is 12.5 Å². The lowest BCUT2D eigenvalue weighted by Gasteiger charge is -2.08. The number of halogens is 1. The van der Waals surface area contributed by atoms with Gasteiger partial charge in [0.2, 0.25) is 5.91 Å². The molecule has 1 amide bonds. The maximum absolute atomic E-state index is 11.4. The molecule has 0 unspecified atom stereocenters. The molecular formula is C11H12BrNO2. The van der Waals surface area contributed by atoms with Crippen LogP contribution in [0.3, 0.4) is 0 Å². The van der Waals surface area contributed by atoms with E-state index in [0.717, 1.165) is 10.0 Å². The zero-order valence-electron chi connectivity index (χ0n) is 8.37. The molecule has 0 aliphatic rings. The van der Waals surface area contributed by atoms with E-state index in [0.29, 0.717) is 6.29 Å². The van der Waals surface area contributed by atoms with Crippen LogP contribution in [0.4, 0.5) is 0 Å². The number of rotatable bonds is 4. The highest BCUT2D eigenvalue weighted by Crippen LogP contribution is 2.16. The summed E-state index contributed by atoms with van der Waals surface area (Å²) in [5, 5.41) is 2.58. The van der Waals surface area contributed by atoms with Crippen LogP contribution in [0.5, 0.6) is 0 Å². The van der Waals surface area contributed by atoms with Crippen LogP contribution in [0.15, 0.2) is 28.7 Å². The molecule has 0 aliphatic heterocycles. The van der Waals surface area contributed by atoms with Crippen molar-refractivity contribution in [2.24, 2.45) is 0 Å². The summed E-state index contributed by atoms with van der Waals surface area (Å²) in [6.07, 6.45) is 0.984. The van der Waals surface area contributed by atoms with E-state index in [-0.39, 0.29) is 12.3 Å². The fraction of sp³-hybridized carbons (Fsp3) is 0.273. The molecule has 1 aromatic carbocycles. The first-order valence-corrected chi connectivity index (χ1v) is 5.41. The van der Waals surface area contributed by atoms with Gasteiger partial charge in [-0.05, 0) is 18.6 Å². The second kappa shape index (κ2) is 5.66. The minimum atomic E-state index is -0.431. The van der Waals surface area contributed by atoms with Gasteiger partial charge in [0, 0.05) is 4.47 Å². The SMILES string of the molecule is C[C@@H](C=O)NC(=O)Cc1ccccc1Br. The molecule has 0 saturated heterocycles. The largest absolute Gasteiger partial charge is 0.347 e. The molecule has 1 rings (SSSR count). The van der Waals surface area contributed by atoms with E-state index in [4.69, 9.17) is 0 Å². The van der Waals surface area contributed by atoms with E-state index >= 15 is 0 Å². The molecule has 3 nitrogen and oxygen atoms in total. The van der Waals surface area contributed by atoms with Crippen LogP contribution < -0.4 is 5.32 Å². The minimum Gasteiger partial charge on any atom is -0.347 e. The van der Waals surface area contributed by atoms with Gasteiger partial charge in [-0.15, -0.1) is 0 Å². The van der Waals surface area contributed by atoms with Gasteiger partial charge >= 0.3 is 0 Å². The average Bonchev–Trinajstić information content (AvgIpc) is 2.21. The van der Waals surface area contributed by atoms with Crippen LogP contribution in [0.1, 0.15) is 12.5 Å². The maximum Gasteiger partial charge on any atom is 0.225 e. The summed E-state index contributed by atoms with van der Waals surface area (Å²) in [5.74, 6) is -0.151. The van der Waals surface area contributed by atoms with Crippen molar-refractivity contribution in [2.75, 3.05) is 0 Å². The highest BCUT2D eigenvalue weighted by Gasteiger charge is 2.08. The third-order valence-corrected chi connectivity index (χ3v) is 2.68. The predicted molar refractivity (Wildman–Crippen MR) is 61.5 cm³/mol. The summed E-state index contributed by atoms with van der Waals surface area (Å²) in [6.45, 7) is 1.64. The molecule has 0 aromatic heterocycles. The smallest absolute Gasteiger partial charge is 0.225 e. The average molecular weight is 270 g/mol. The highest BCUT2D eigenvalue weighted by molar-refractivity contribution is 9.10. The van der Waals surface area contributed by atoms with Crippen molar-refractivity contribution < 1.29 is 9.59 Å². The lowest BCUT2D eigenvalue weighted by atomic mass is 10.1. The number of carbonyl (C=O) groups is 2. The van der Waals surface area contributed by atoms with Crippen LogP contribution in [0.2, 0.25) is 0 Å². The standard InChI is InChI=1S/C11H12BrNO2/c1-8(7-14)13-11(15)6-9-4-2-3-5-10(9)12/h2-5,7-8H,6H2,1H3,(H,13,15)/t8-/m0/s1. The summed E-state index contributed by atoms with van der Waals surface area (Å²) in [6, 6.07) is 7.08. The van der Waals surface area contributed by atoms with E-state index in [1.165, 1.54) is 0 Å². The van der Waals surface area contributed by atoms with Crippen molar-refractivity contribution >= 4 is 28.1 Å². The topological polar surface area (TPSA) is 46.2 Å². The van der Waals surface area contributed by atoms with Crippen LogP contribution in [0, 0.1) is 0 Å². The molecule has 0 radical (unpaired) electrons. The Balaban J connectivity index is 2.59. The summed E-state index contributed by atoms with van der Waals surface area (Å²) < 4.78 is 0.902. The van der Waals surface area contributed by atoms with E-state index in [9.17, 15) is 9.59 Å². The van der Waals surface area contributed by atoms with Gasteiger partial charge in [0.15, 0.2) is 0 Å². The zero-order valence-corrected chi connectivity index (χ0v) is 9.95. The van der Waals surface area contributed by atoms with Gasteiger partial charge < -0.3 is 10.1 Å². The summed E-state index contributed by atoms with van der Waals surface area (Å²) in [4.78, 5) is 21.8. The molecule has 1 atom stereocenters. The predicted octanol–water partition coefficient (Wildman–Crippen LogP) is 1.70. The van der Waals surface area contributed by atoms with Crippen LogP contribution in [0.25, 0.3) is 0 Å². The van der Waals surface area contributed by atoms with Crippen molar-refractivity contribution in [3.8, 4) is 0 Å².